The van der Waals surface area contributed by atoms with Crippen LogP contribution < -0.4 is 11.1 Å². The molecule has 6 nitrogen and oxygen atoms in total. The van der Waals surface area contributed by atoms with Crippen LogP contribution >= 0.6 is 27.3 Å². The second-order valence-electron chi connectivity index (χ2n) is 3.21. The lowest BCUT2D eigenvalue weighted by atomic mass is 10.2. The predicted molar refractivity (Wildman–Crippen MR) is 71.1 cm³/mol. The van der Waals surface area contributed by atoms with Gasteiger partial charge < -0.3 is 11.1 Å². The number of nitrogens with zero attached hydrogens (tertiary/aromatic N) is 3. The summed E-state index contributed by atoms with van der Waals surface area (Å²) in [5, 5.41) is 19.0. The number of benzene rings is 1. The maximum Gasteiger partial charge on any atom is 0.286 e. The van der Waals surface area contributed by atoms with Crippen molar-refractivity contribution in [3.05, 3.63) is 33.2 Å². The number of halogens is 1. The van der Waals surface area contributed by atoms with E-state index in [2.05, 4.69) is 31.4 Å². The van der Waals surface area contributed by atoms with Gasteiger partial charge in [-0.25, -0.2) is 0 Å². The van der Waals surface area contributed by atoms with Gasteiger partial charge in [0.1, 0.15) is 0 Å². The topological polar surface area (TPSA) is 105 Å². The third-order valence-corrected chi connectivity index (χ3v) is 3.39. The number of nitrogen functional groups attached to an aromatic ring is 1. The van der Waals surface area contributed by atoms with E-state index in [1.54, 1.807) is 18.2 Å². The molecule has 3 N–H and O–H groups in total. The first kappa shape index (κ1) is 12.5. The highest BCUT2D eigenvalue weighted by Crippen LogP contribution is 2.24. The first-order valence-electron chi connectivity index (χ1n) is 4.70. The average Bonchev–Trinajstić information content (AvgIpc) is 2.78. The minimum absolute atomic E-state index is 0.184. The van der Waals surface area contributed by atoms with Crippen LogP contribution in [0.2, 0.25) is 0 Å². The van der Waals surface area contributed by atoms with E-state index < -0.39 is 5.91 Å². The fourth-order valence-electron chi connectivity index (χ4n) is 1.19. The van der Waals surface area contributed by atoms with Gasteiger partial charge in [-0.2, -0.15) is 5.26 Å². The Bertz CT molecular complexity index is 648. The molecule has 0 aliphatic carbocycles. The summed E-state index contributed by atoms with van der Waals surface area (Å²) >= 11 is 4.28. The minimum Gasteiger partial charge on any atom is -0.374 e. The van der Waals surface area contributed by atoms with Gasteiger partial charge in [-0.3, -0.25) is 4.79 Å². The van der Waals surface area contributed by atoms with Crippen molar-refractivity contribution in [2.45, 2.75) is 0 Å². The number of amides is 1. The highest BCUT2D eigenvalue weighted by molar-refractivity contribution is 9.10. The summed E-state index contributed by atoms with van der Waals surface area (Å²) in [4.78, 5) is 11.8. The number of carbonyl (C=O) groups excluding carboxylic acids is 1. The van der Waals surface area contributed by atoms with E-state index in [9.17, 15) is 4.79 Å². The highest BCUT2D eigenvalue weighted by atomic mass is 79.9. The summed E-state index contributed by atoms with van der Waals surface area (Å²) in [5.74, 6) is -0.394. The molecule has 0 aliphatic rings. The van der Waals surface area contributed by atoms with Crippen molar-refractivity contribution >= 4 is 44.0 Å². The number of hydrogen-bond donors (Lipinski definition) is 2. The standard InChI is InChI=1S/C10H6BrN5OS/c11-6-3-5(4-12)1-2-7(6)14-8(17)9-15-16-10(13)18-9/h1-3H,(H2,13,16)(H,14,17). The Morgan fingerprint density at radius 3 is 2.83 bits per heavy atom. The average molecular weight is 324 g/mol. The molecule has 0 fully saturated rings. The molecule has 0 unspecified atom stereocenters. The fourth-order valence-corrected chi connectivity index (χ4v) is 2.17. The summed E-state index contributed by atoms with van der Waals surface area (Å²) < 4.78 is 0.618. The molecule has 18 heavy (non-hydrogen) atoms. The third-order valence-electron chi connectivity index (χ3n) is 1.98. The molecule has 1 aromatic heterocycles. The molecule has 1 amide bonds. The monoisotopic (exact) mass is 323 g/mol. The number of aromatic nitrogens is 2. The molecular formula is C10H6BrN5OS. The lowest BCUT2D eigenvalue weighted by Gasteiger charge is -2.05. The minimum atomic E-state index is -0.394. The Labute approximate surface area is 115 Å². The summed E-state index contributed by atoms with van der Waals surface area (Å²) in [7, 11) is 0. The Hall–Kier alpha value is -1.98. The zero-order valence-electron chi connectivity index (χ0n) is 8.85. The predicted octanol–water partition coefficient (Wildman–Crippen LogP) is 2.01. The molecular weight excluding hydrogens is 318 g/mol. The van der Waals surface area contributed by atoms with Gasteiger partial charge in [-0.1, -0.05) is 11.3 Å². The zero-order chi connectivity index (χ0) is 13.1. The zero-order valence-corrected chi connectivity index (χ0v) is 11.2. The number of rotatable bonds is 2. The van der Waals surface area contributed by atoms with Gasteiger partial charge in [0.05, 0.1) is 17.3 Å². The molecule has 0 aliphatic heterocycles. The first-order chi connectivity index (χ1) is 8.60. The van der Waals surface area contributed by atoms with Gasteiger partial charge in [-0.15, -0.1) is 10.2 Å². The van der Waals surface area contributed by atoms with Crippen molar-refractivity contribution in [1.29, 1.82) is 5.26 Å². The van der Waals surface area contributed by atoms with Crippen molar-refractivity contribution in [2.24, 2.45) is 0 Å². The van der Waals surface area contributed by atoms with Crippen molar-refractivity contribution in [1.82, 2.24) is 10.2 Å². The molecule has 2 rings (SSSR count). The Kier molecular flexibility index (Phi) is 3.55. The normalized spacial score (nSPS) is 9.78. The lowest BCUT2D eigenvalue weighted by Crippen LogP contribution is -2.12. The van der Waals surface area contributed by atoms with Crippen LogP contribution in [0, 0.1) is 11.3 Å². The number of hydrogen-bond acceptors (Lipinski definition) is 6. The van der Waals surface area contributed by atoms with Gasteiger partial charge in [0.2, 0.25) is 10.1 Å². The molecule has 8 heteroatoms. The van der Waals surface area contributed by atoms with Crippen LogP contribution in [-0.4, -0.2) is 16.1 Å². The van der Waals surface area contributed by atoms with Crippen molar-refractivity contribution in [3.8, 4) is 6.07 Å². The number of nitrogens with two attached hydrogens (primary N) is 1. The highest BCUT2D eigenvalue weighted by Gasteiger charge is 2.13. The van der Waals surface area contributed by atoms with E-state index in [4.69, 9.17) is 11.0 Å². The Morgan fingerprint density at radius 2 is 2.28 bits per heavy atom. The molecule has 0 spiro atoms. The van der Waals surface area contributed by atoms with Gasteiger partial charge in [0, 0.05) is 4.47 Å². The second kappa shape index (κ2) is 5.12. The van der Waals surface area contributed by atoms with Crippen LogP contribution in [-0.2, 0) is 0 Å². The molecule has 1 aromatic carbocycles. The SMILES string of the molecule is N#Cc1ccc(NC(=O)c2nnc(N)s2)c(Br)c1. The van der Waals surface area contributed by atoms with E-state index in [1.807, 2.05) is 6.07 Å². The molecule has 1 heterocycles. The largest absolute Gasteiger partial charge is 0.374 e. The molecule has 0 saturated carbocycles. The molecule has 0 bridgehead atoms. The quantitative estimate of drug-likeness (QED) is 0.879. The first-order valence-corrected chi connectivity index (χ1v) is 6.31. The van der Waals surface area contributed by atoms with Gasteiger partial charge in [-0.05, 0) is 34.1 Å². The number of carbonyl (C=O) groups is 1. The Balaban J connectivity index is 2.20. The van der Waals surface area contributed by atoms with Crippen LogP contribution in [0.3, 0.4) is 0 Å². The Morgan fingerprint density at radius 1 is 1.50 bits per heavy atom. The maximum absolute atomic E-state index is 11.8. The summed E-state index contributed by atoms with van der Waals surface area (Å²) in [6, 6.07) is 6.85. The molecule has 0 saturated heterocycles. The van der Waals surface area contributed by atoms with Crippen molar-refractivity contribution < 1.29 is 4.79 Å². The smallest absolute Gasteiger partial charge is 0.286 e. The van der Waals surface area contributed by atoms with Crippen LogP contribution in [0.4, 0.5) is 10.8 Å². The van der Waals surface area contributed by atoms with Crippen molar-refractivity contribution in [2.75, 3.05) is 11.1 Å². The van der Waals surface area contributed by atoms with E-state index >= 15 is 0 Å². The van der Waals surface area contributed by atoms with E-state index in [0.29, 0.717) is 15.7 Å². The number of nitriles is 1. The third kappa shape index (κ3) is 2.64. The van der Waals surface area contributed by atoms with E-state index in [1.165, 1.54) is 0 Å². The second-order valence-corrected chi connectivity index (χ2v) is 5.07. The van der Waals surface area contributed by atoms with Gasteiger partial charge in [0.15, 0.2) is 0 Å². The lowest BCUT2D eigenvalue weighted by molar-refractivity contribution is 0.102. The molecule has 0 atom stereocenters. The molecule has 0 radical (unpaired) electrons. The molecule has 90 valence electrons. The fraction of sp³-hybridized carbons (Fsp3) is 0. The summed E-state index contributed by atoms with van der Waals surface area (Å²) in [6.07, 6.45) is 0. The van der Waals surface area contributed by atoms with Gasteiger partial charge >= 0.3 is 0 Å². The maximum atomic E-state index is 11.8. The van der Waals surface area contributed by atoms with E-state index in [0.717, 1.165) is 11.3 Å². The summed E-state index contributed by atoms with van der Waals surface area (Å²) in [6.45, 7) is 0. The summed E-state index contributed by atoms with van der Waals surface area (Å²) in [5.41, 5.74) is 6.45. The van der Waals surface area contributed by atoms with Crippen LogP contribution in [0.5, 0.6) is 0 Å². The van der Waals surface area contributed by atoms with Crippen molar-refractivity contribution in [3.63, 3.8) is 0 Å². The number of nitrogens with one attached hydrogen (secondary N) is 1. The van der Waals surface area contributed by atoms with Gasteiger partial charge in [0.25, 0.3) is 5.91 Å². The molecule has 2 aromatic rings. The van der Waals surface area contributed by atoms with Crippen LogP contribution in [0.25, 0.3) is 0 Å². The van der Waals surface area contributed by atoms with Crippen LogP contribution in [0.15, 0.2) is 22.7 Å². The van der Waals surface area contributed by atoms with E-state index in [-0.39, 0.29) is 10.1 Å². The number of anilines is 2. The van der Waals surface area contributed by atoms with Crippen LogP contribution in [0.1, 0.15) is 15.4 Å².